The Morgan fingerprint density at radius 3 is 3.00 bits per heavy atom. The number of rotatable bonds is 2. The highest BCUT2D eigenvalue weighted by Gasteiger charge is 2.24. The molecule has 0 fully saturated rings. The molecule has 1 aliphatic heterocycles. The highest BCUT2D eigenvalue weighted by molar-refractivity contribution is 6.34. The van der Waals surface area contributed by atoms with E-state index in [0.29, 0.717) is 5.57 Å². The minimum atomic E-state index is -0.118. The van der Waals surface area contributed by atoms with E-state index in [9.17, 15) is 4.79 Å². The Kier molecular flexibility index (Phi) is 2.37. The van der Waals surface area contributed by atoms with Gasteiger partial charge in [-0.1, -0.05) is 0 Å². The summed E-state index contributed by atoms with van der Waals surface area (Å²) in [5.41, 5.74) is 3.03. The molecule has 0 saturated carbocycles. The number of carbonyl (C=O) groups excluding carboxylic acids is 1. The van der Waals surface area contributed by atoms with Crippen molar-refractivity contribution in [1.82, 2.24) is 9.97 Å². The number of benzene rings is 1. The molecule has 0 spiro atoms. The highest BCUT2D eigenvalue weighted by atomic mass is 16.5. The van der Waals surface area contributed by atoms with E-state index in [4.69, 9.17) is 4.74 Å². The number of hydrogen-bond acceptors (Lipinski definition) is 3. The molecule has 2 N–H and O–H groups in total. The van der Waals surface area contributed by atoms with Crippen molar-refractivity contribution < 1.29 is 9.53 Å². The molecule has 2 heterocycles. The Balaban J connectivity index is 2.10. The standard InChI is InChI=1S/C13H11N3O2/c1-18-9-2-3-12-10(5-9)11(13(17)16-12)4-8-6-14-7-15-8/h2-7H,1H3,(H,14,15)(H,16,17)/b11-4-. The van der Waals surface area contributed by atoms with Crippen LogP contribution in [0.3, 0.4) is 0 Å². The molecule has 0 atom stereocenters. The van der Waals surface area contributed by atoms with Gasteiger partial charge in [0.25, 0.3) is 5.91 Å². The number of aromatic nitrogens is 2. The van der Waals surface area contributed by atoms with E-state index in [-0.39, 0.29) is 5.91 Å². The van der Waals surface area contributed by atoms with E-state index >= 15 is 0 Å². The number of nitrogens with one attached hydrogen (secondary N) is 2. The lowest BCUT2D eigenvalue weighted by molar-refractivity contribution is -0.110. The maximum atomic E-state index is 11.9. The molecule has 0 bridgehead atoms. The van der Waals surface area contributed by atoms with Gasteiger partial charge in [0.15, 0.2) is 0 Å². The van der Waals surface area contributed by atoms with E-state index in [1.165, 1.54) is 0 Å². The number of nitrogens with zero attached hydrogens (tertiary/aromatic N) is 1. The van der Waals surface area contributed by atoms with Crippen LogP contribution in [0.15, 0.2) is 30.7 Å². The zero-order valence-corrected chi connectivity index (χ0v) is 9.73. The fraction of sp³-hybridized carbons (Fsp3) is 0.0769. The molecule has 0 saturated heterocycles. The maximum Gasteiger partial charge on any atom is 0.256 e. The van der Waals surface area contributed by atoms with Crippen LogP contribution in [0.2, 0.25) is 0 Å². The molecule has 1 aromatic carbocycles. The van der Waals surface area contributed by atoms with Gasteiger partial charge in [0.05, 0.1) is 30.9 Å². The highest BCUT2D eigenvalue weighted by Crippen LogP contribution is 2.35. The Morgan fingerprint density at radius 2 is 2.28 bits per heavy atom. The first-order chi connectivity index (χ1) is 8.78. The van der Waals surface area contributed by atoms with Gasteiger partial charge in [-0.15, -0.1) is 0 Å². The second-order valence-electron chi connectivity index (χ2n) is 3.93. The van der Waals surface area contributed by atoms with Crippen molar-refractivity contribution in [2.45, 2.75) is 0 Å². The second kappa shape index (κ2) is 4.03. The lowest BCUT2D eigenvalue weighted by Crippen LogP contribution is -2.03. The van der Waals surface area contributed by atoms with E-state index in [1.54, 1.807) is 25.7 Å². The maximum absolute atomic E-state index is 11.9. The summed E-state index contributed by atoms with van der Waals surface area (Å²) in [4.78, 5) is 18.8. The average molecular weight is 241 g/mol. The lowest BCUT2D eigenvalue weighted by Gasteiger charge is -2.02. The summed E-state index contributed by atoms with van der Waals surface area (Å²) in [6.45, 7) is 0. The largest absolute Gasteiger partial charge is 0.497 e. The van der Waals surface area contributed by atoms with Crippen LogP contribution in [0.25, 0.3) is 11.6 Å². The summed E-state index contributed by atoms with van der Waals surface area (Å²) in [6.07, 6.45) is 5.01. The number of amides is 1. The smallest absolute Gasteiger partial charge is 0.256 e. The van der Waals surface area contributed by atoms with E-state index < -0.39 is 0 Å². The van der Waals surface area contributed by atoms with Gasteiger partial charge < -0.3 is 15.0 Å². The Hall–Kier alpha value is -2.56. The zero-order valence-electron chi connectivity index (χ0n) is 9.73. The van der Waals surface area contributed by atoms with Crippen LogP contribution in [0.1, 0.15) is 11.3 Å². The summed E-state index contributed by atoms with van der Waals surface area (Å²) in [6, 6.07) is 5.49. The lowest BCUT2D eigenvalue weighted by atomic mass is 10.1. The molecule has 0 aliphatic carbocycles. The van der Waals surface area contributed by atoms with Crippen molar-refractivity contribution in [3.8, 4) is 5.75 Å². The van der Waals surface area contributed by atoms with Gasteiger partial charge in [0.2, 0.25) is 0 Å². The number of methoxy groups -OCH3 is 1. The first kappa shape index (κ1) is 10.6. The summed E-state index contributed by atoms with van der Waals surface area (Å²) in [5, 5.41) is 2.81. The van der Waals surface area contributed by atoms with Crippen LogP contribution in [0.5, 0.6) is 5.75 Å². The first-order valence-electron chi connectivity index (χ1n) is 5.48. The number of carbonyl (C=O) groups is 1. The van der Waals surface area contributed by atoms with E-state index in [0.717, 1.165) is 22.7 Å². The molecule has 2 aromatic rings. The van der Waals surface area contributed by atoms with Crippen LogP contribution < -0.4 is 10.1 Å². The van der Waals surface area contributed by atoms with Crippen molar-refractivity contribution >= 4 is 23.2 Å². The van der Waals surface area contributed by atoms with Gasteiger partial charge in [-0.2, -0.15) is 0 Å². The molecule has 90 valence electrons. The number of H-pyrrole nitrogens is 1. The van der Waals surface area contributed by atoms with Crippen LogP contribution in [-0.2, 0) is 4.79 Å². The molecule has 5 nitrogen and oxygen atoms in total. The summed E-state index contributed by atoms with van der Waals surface area (Å²) < 4.78 is 5.17. The summed E-state index contributed by atoms with van der Waals surface area (Å²) in [5.74, 6) is 0.605. The molecule has 3 rings (SSSR count). The quantitative estimate of drug-likeness (QED) is 0.789. The van der Waals surface area contributed by atoms with E-state index in [1.807, 2.05) is 18.2 Å². The SMILES string of the molecule is COc1ccc2c(c1)/C(=C/c1cnc[nH]1)C(=O)N2. The minimum Gasteiger partial charge on any atom is -0.497 e. The summed E-state index contributed by atoms with van der Waals surface area (Å²) >= 11 is 0. The fourth-order valence-corrected chi connectivity index (χ4v) is 1.94. The third-order valence-corrected chi connectivity index (χ3v) is 2.83. The number of fused-ring (bicyclic) bond motifs is 1. The number of ether oxygens (including phenoxy) is 1. The molecule has 18 heavy (non-hydrogen) atoms. The van der Waals surface area contributed by atoms with Gasteiger partial charge in [-0.25, -0.2) is 4.98 Å². The Morgan fingerprint density at radius 1 is 1.39 bits per heavy atom. The van der Waals surface area contributed by atoms with Crippen molar-refractivity contribution in [3.63, 3.8) is 0 Å². The molecule has 1 amide bonds. The van der Waals surface area contributed by atoms with Crippen molar-refractivity contribution in [2.75, 3.05) is 12.4 Å². The molecular weight excluding hydrogens is 230 g/mol. The van der Waals surface area contributed by atoms with Gasteiger partial charge in [-0.05, 0) is 24.3 Å². The van der Waals surface area contributed by atoms with Gasteiger partial charge in [0.1, 0.15) is 5.75 Å². The predicted molar refractivity (Wildman–Crippen MR) is 68.1 cm³/mol. The van der Waals surface area contributed by atoms with Gasteiger partial charge in [0, 0.05) is 11.3 Å². The van der Waals surface area contributed by atoms with Crippen LogP contribution in [0.4, 0.5) is 5.69 Å². The Labute approximate surface area is 104 Å². The predicted octanol–water partition coefficient (Wildman–Crippen LogP) is 1.91. The molecule has 1 aliphatic rings. The first-order valence-corrected chi connectivity index (χ1v) is 5.48. The van der Waals surface area contributed by atoms with Crippen LogP contribution in [0, 0.1) is 0 Å². The monoisotopic (exact) mass is 241 g/mol. The molecule has 0 unspecified atom stereocenters. The van der Waals surface area contributed by atoms with E-state index in [2.05, 4.69) is 15.3 Å². The Bertz CT molecular complexity index is 630. The third kappa shape index (κ3) is 1.66. The minimum absolute atomic E-state index is 0.118. The molecule has 0 radical (unpaired) electrons. The normalized spacial score (nSPS) is 15.6. The molecule has 1 aromatic heterocycles. The molecular formula is C13H11N3O2. The van der Waals surface area contributed by atoms with Gasteiger partial charge in [-0.3, -0.25) is 4.79 Å². The van der Waals surface area contributed by atoms with Crippen molar-refractivity contribution in [3.05, 3.63) is 42.0 Å². The molecule has 5 heteroatoms. The van der Waals surface area contributed by atoms with Gasteiger partial charge >= 0.3 is 0 Å². The fourth-order valence-electron chi connectivity index (χ4n) is 1.94. The topological polar surface area (TPSA) is 67.0 Å². The average Bonchev–Trinajstić information content (AvgIpc) is 2.99. The number of anilines is 1. The number of aromatic amines is 1. The van der Waals surface area contributed by atoms with Crippen LogP contribution in [-0.4, -0.2) is 23.0 Å². The summed E-state index contributed by atoms with van der Waals surface area (Å²) in [7, 11) is 1.60. The van der Waals surface area contributed by atoms with Crippen molar-refractivity contribution in [2.24, 2.45) is 0 Å². The zero-order chi connectivity index (χ0) is 12.5. The number of hydrogen-bond donors (Lipinski definition) is 2. The van der Waals surface area contributed by atoms with Crippen molar-refractivity contribution in [1.29, 1.82) is 0 Å². The number of imidazole rings is 1. The second-order valence-corrected chi connectivity index (χ2v) is 3.93. The third-order valence-electron chi connectivity index (χ3n) is 2.83. The van der Waals surface area contributed by atoms with Crippen LogP contribution >= 0.6 is 0 Å².